The molecule has 1 fully saturated rings. The van der Waals surface area contributed by atoms with Crippen LogP contribution in [0.2, 0.25) is 0 Å². The highest BCUT2D eigenvalue weighted by Gasteiger charge is 2.16. The molecule has 0 bridgehead atoms. The van der Waals surface area contributed by atoms with E-state index < -0.39 is 0 Å². The minimum absolute atomic E-state index is 0.0116. The molecule has 0 unspecified atom stereocenters. The van der Waals surface area contributed by atoms with Crippen molar-refractivity contribution >= 4 is 22.6 Å². The van der Waals surface area contributed by atoms with Crippen molar-refractivity contribution in [3.05, 3.63) is 72.1 Å². The third-order valence-corrected chi connectivity index (χ3v) is 6.77. The lowest BCUT2D eigenvalue weighted by atomic mass is 9.97. The Morgan fingerprint density at radius 3 is 2.35 bits per heavy atom. The van der Waals surface area contributed by atoms with Crippen molar-refractivity contribution < 1.29 is 4.79 Å². The molecular formula is C28H31N5O. The Morgan fingerprint density at radius 2 is 1.68 bits per heavy atom. The van der Waals surface area contributed by atoms with Crippen LogP contribution in [-0.2, 0) is 0 Å². The van der Waals surface area contributed by atoms with Gasteiger partial charge in [0.2, 0.25) is 0 Å². The van der Waals surface area contributed by atoms with E-state index in [1.165, 1.54) is 5.69 Å². The molecule has 174 valence electrons. The predicted octanol–water partition coefficient (Wildman–Crippen LogP) is 4.66. The van der Waals surface area contributed by atoms with Crippen molar-refractivity contribution in [2.75, 3.05) is 52.2 Å². The van der Waals surface area contributed by atoms with Crippen LogP contribution in [-0.4, -0.2) is 73.0 Å². The van der Waals surface area contributed by atoms with Crippen LogP contribution in [0.4, 0.5) is 5.69 Å². The highest BCUT2D eigenvalue weighted by molar-refractivity contribution is 5.98. The van der Waals surface area contributed by atoms with Crippen molar-refractivity contribution in [1.82, 2.24) is 19.8 Å². The van der Waals surface area contributed by atoms with Gasteiger partial charge in [0, 0.05) is 80.4 Å². The van der Waals surface area contributed by atoms with Gasteiger partial charge in [-0.25, -0.2) is 4.98 Å². The van der Waals surface area contributed by atoms with Crippen LogP contribution in [0.1, 0.15) is 15.9 Å². The summed E-state index contributed by atoms with van der Waals surface area (Å²) in [4.78, 5) is 26.8. The normalized spacial score (nSPS) is 14.5. The number of carbonyl (C=O) groups excluding carboxylic acids is 1. The van der Waals surface area contributed by atoms with Gasteiger partial charge in [0.25, 0.3) is 5.91 Å². The van der Waals surface area contributed by atoms with Crippen molar-refractivity contribution in [2.24, 2.45) is 0 Å². The van der Waals surface area contributed by atoms with E-state index in [-0.39, 0.29) is 5.91 Å². The van der Waals surface area contributed by atoms with Gasteiger partial charge >= 0.3 is 0 Å². The van der Waals surface area contributed by atoms with E-state index in [1.54, 1.807) is 19.0 Å². The average Bonchev–Trinajstić information content (AvgIpc) is 3.27. The molecule has 2 aromatic carbocycles. The minimum atomic E-state index is 0.0116. The lowest BCUT2D eigenvalue weighted by Crippen LogP contribution is -2.44. The Kier molecular flexibility index (Phi) is 5.84. The van der Waals surface area contributed by atoms with E-state index >= 15 is 0 Å². The number of piperazine rings is 1. The number of pyridine rings is 1. The van der Waals surface area contributed by atoms with Gasteiger partial charge < -0.3 is 19.7 Å². The molecule has 3 heterocycles. The van der Waals surface area contributed by atoms with E-state index in [9.17, 15) is 4.79 Å². The topological polar surface area (TPSA) is 55.5 Å². The molecule has 1 amide bonds. The SMILES string of the molecule is Cc1cc(C(=O)N(C)C)ccc1-c1c[nH]c2ncc(-c3ccc(N4CCN(C)CC4)cc3)cc12. The van der Waals surface area contributed by atoms with Crippen LogP contribution in [0.5, 0.6) is 0 Å². The zero-order chi connectivity index (χ0) is 23.8. The number of carbonyl (C=O) groups is 1. The number of hydrogen-bond acceptors (Lipinski definition) is 4. The summed E-state index contributed by atoms with van der Waals surface area (Å²) >= 11 is 0. The van der Waals surface area contributed by atoms with Crippen molar-refractivity contribution in [3.8, 4) is 22.3 Å². The zero-order valence-electron chi connectivity index (χ0n) is 20.3. The number of rotatable bonds is 4. The number of H-pyrrole nitrogens is 1. The number of nitrogens with zero attached hydrogens (tertiary/aromatic N) is 4. The number of amides is 1. The number of aryl methyl sites for hydroxylation is 1. The summed E-state index contributed by atoms with van der Waals surface area (Å²) in [7, 11) is 5.73. The Bertz CT molecular complexity index is 1330. The maximum absolute atomic E-state index is 12.4. The highest BCUT2D eigenvalue weighted by atomic mass is 16.2. The second kappa shape index (κ2) is 8.95. The summed E-state index contributed by atoms with van der Waals surface area (Å²) < 4.78 is 0. The van der Waals surface area contributed by atoms with Crippen LogP contribution in [0, 0.1) is 6.92 Å². The van der Waals surface area contributed by atoms with E-state index in [0.717, 1.165) is 65.0 Å². The molecule has 0 spiro atoms. The molecule has 0 atom stereocenters. The van der Waals surface area contributed by atoms with Crippen LogP contribution in [0.15, 0.2) is 60.9 Å². The summed E-state index contributed by atoms with van der Waals surface area (Å²) in [6.45, 7) is 6.38. The van der Waals surface area contributed by atoms with Crippen LogP contribution >= 0.6 is 0 Å². The number of likely N-dealkylation sites (N-methyl/N-ethyl adjacent to an activating group) is 1. The van der Waals surface area contributed by atoms with E-state index in [4.69, 9.17) is 4.98 Å². The molecule has 0 radical (unpaired) electrons. The summed E-state index contributed by atoms with van der Waals surface area (Å²) in [6.07, 6.45) is 3.94. The lowest BCUT2D eigenvalue weighted by Gasteiger charge is -2.34. The predicted molar refractivity (Wildman–Crippen MR) is 139 cm³/mol. The molecule has 1 aliphatic rings. The van der Waals surface area contributed by atoms with E-state index in [0.29, 0.717) is 5.56 Å². The fourth-order valence-corrected chi connectivity index (χ4v) is 4.67. The maximum atomic E-state index is 12.4. The Hall–Kier alpha value is -3.64. The largest absolute Gasteiger partial charge is 0.369 e. The highest BCUT2D eigenvalue weighted by Crippen LogP contribution is 2.33. The van der Waals surface area contributed by atoms with Crippen molar-refractivity contribution in [3.63, 3.8) is 0 Å². The number of aromatic nitrogens is 2. The molecule has 5 rings (SSSR count). The van der Waals surface area contributed by atoms with Gasteiger partial charge in [-0.1, -0.05) is 18.2 Å². The quantitative estimate of drug-likeness (QED) is 0.488. The minimum Gasteiger partial charge on any atom is -0.369 e. The molecule has 2 aromatic heterocycles. The van der Waals surface area contributed by atoms with Crippen molar-refractivity contribution in [1.29, 1.82) is 0 Å². The molecule has 6 nitrogen and oxygen atoms in total. The second-order valence-electron chi connectivity index (χ2n) is 9.39. The molecule has 34 heavy (non-hydrogen) atoms. The number of aromatic amines is 1. The molecule has 1 saturated heterocycles. The number of benzene rings is 2. The van der Waals surface area contributed by atoms with Gasteiger partial charge in [0.1, 0.15) is 5.65 Å². The second-order valence-corrected chi connectivity index (χ2v) is 9.39. The van der Waals surface area contributed by atoms with E-state index in [2.05, 4.69) is 59.1 Å². The van der Waals surface area contributed by atoms with Gasteiger partial charge in [-0.2, -0.15) is 0 Å². The molecule has 4 aromatic rings. The number of anilines is 1. The molecule has 1 aliphatic heterocycles. The average molecular weight is 454 g/mol. The summed E-state index contributed by atoms with van der Waals surface area (Å²) in [5, 5.41) is 1.08. The van der Waals surface area contributed by atoms with Crippen LogP contribution in [0.25, 0.3) is 33.3 Å². The molecule has 1 N–H and O–H groups in total. The van der Waals surface area contributed by atoms with E-state index in [1.807, 2.05) is 30.6 Å². The first-order chi connectivity index (χ1) is 16.4. The smallest absolute Gasteiger partial charge is 0.253 e. The first-order valence-electron chi connectivity index (χ1n) is 11.7. The number of nitrogens with one attached hydrogen (secondary N) is 1. The first kappa shape index (κ1) is 22.2. The maximum Gasteiger partial charge on any atom is 0.253 e. The first-order valence-corrected chi connectivity index (χ1v) is 11.7. The summed E-state index contributed by atoms with van der Waals surface area (Å²) in [5.41, 5.74) is 8.35. The molecule has 0 aliphatic carbocycles. The molecule has 6 heteroatoms. The van der Waals surface area contributed by atoms with Gasteiger partial charge in [-0.05, 0) is 61.0 Å². The summed E-state index contributed by atoms with van der Waals surface area (Å²) in [6, 6.07) is 16.9. The molecule has 0 saturated carbocycles. The Balaban J connectivity index is 1.45. The Morgan fingerprint density at radius 1 is 0.941 bits per heavy atom. The third-order valence-electron chi connectivity index (χ3n) is 6.77. The van der Waals surface area contributed by atoms with Crippen LogP contribution in [0.3, 0.4) is 0 Å². The third kappa shape index (κ3) is 4.17. The lowest BCUT2D eigenvalue weighted by molar-refractivity contribution is 0.0827. The van der Waals surface area contributed by atoms with Gasteiger partial charge in [0.05, 0.1) is 0 Å². The van der Waals surface area contributed by atoms with Gasteiger partial charge in [-0.15, -0.1) is 0 Å². The number of fused-ring (bicyclic) bond motifs is 1. The Labute approximate surface area is 200 Å². The van der Waals surface area contributed by atoms with Gasteiger partial charge in [-0.3, -0.25) is 4.79 Å². The fraction of sp³-hybridized carbons (Fsp3) is 0.286. The fourth-order valence-electron chi connectivity index (χ4n) is 4.67. The zero-order valence-corrected chi connectivity index (χ0v) is 20.3. The summed E-state index contributed by atoms with van der Waals surface area (Å²) in [5.74, 6) is 0.0116. The monoisotopic (exact) mass is 453 g/mol. The molecular weight excluding hydrogens is 422 g/mol. The number of hydrogen-bond donors (Lipinski definition) is 1. The van der Waals surface area contributed by atoms with Gasteiger partial charge in [0.15, 0.2) is 0 Å². The van der Waals surface area contributed by atoms with Crippen LogP contribution < -0.4 is 4.90 Å². The van der Waals surface area contributed by atoms with Crippen molar-refractivity contribution in [2.45, 2.75) is 6.92 Å². The standard InChI is InChI=1S/C28H31N5O/c1-19-15-21(28(34)31(2)3)7-10-24(19)26-18-30-27-25(26)16-22(17-29-27)20-5-8-23(9-6-20)33-13-11-32(4)12-14-33/h5-10,15-18H,11-14H2,1-4H3,(H,29,30).